The van der Waals surface area contributed by atoms with E-state index >= 15 is 0 Å². The normalized spacial score (nSPS) is 16.0. The van der Waals surface area contributed by atoms with Gasteiger partial charge in [0.15, 0.2) is 0 Å². The second-order valence-electron chi connectivity index (χ2n) is 9.45. The summed E-state index contributed by atoms with van der Waals surface area (Å²) in [6.07, 6.45) is 3.69. The number of nitriles is 1. The number of nitrogens with zero attached hydrogens (tertiary/aromatic N) is 1. The van der Waals surface area contributed by atoms with Crippen LogP contribution in [-0.2, 0) is 14.3 Å². The summed E-state index contributed by atoms with van der Waals surface area (Å²) in [6.45, 7) is 1.70. The van der Waals surface area contributed by atoms with Gasteiger partial charge in [-0.3, -0.25) is 9.59 Å². The molecule has 0 saturated carbocycles. The predicted molar refractivity (Wildman–Crippen MR) is 155 cm³/mol. The highest BCUT2D eigenvalue weighted by Crippen LogP contribution is 2.44. The van der Waals surface area contributed by atoms with Gasteiger partial charge < -0.3 is 15.4 Å². The van der Waals surface area contributed by atoms with E-state index in [1.165, 1.54) is 0 Å². The molecule has 0 aromatic heterocycles. The molecule has 200 valence electrons. The molecule has 0 bridgehead atoms. The Bertz CT molecular complexity index is 1230. The van der Waals surface area contributed by atoms with Gasteiger partial charge in [-0.25, -0.2) is 4.79 Å². The molecule has 2 amide bonds. The molecule has 38 heavy (non-hydrogen) atoms. The summed E-state index contributed by atoms with van der Waals surface area (Å²) in [4.78, 5) is 39.1. The van der Waals surface area contributed by atoms with Crippen LogP contribution >= 0.6 is 22.2 Å². The van der Waals surface area contributed by atoms with Crippen LogP contribution in [-0.4, -0.2) is 64.9 Å². The lowest BCUT2D eigenvalue weighted by Gasteiger charge is -2.21. The van der Waals surface area contributed by atoms with E-state index in [9.17, 15) is 19.6 Å². The number of amides is 2. The molecule has 2 atom stereocenters. The average Bonchev–Trinajstić information content (AvgIpc) is 3.57. The van der Waals surface area contributed by atoms with Crippen molar-refractivity contribution in [2.45, 2.75) is 44.2 Å². The zero-order valence-corrected chi connectivity index (χ0v) is 23.3. The Kier molecular flexibility index (Phi) is 9.64. The number of hydrogen-bond donors (Lipinski definition) is 2. The van der Waals surface area contributed by atoms with Gasteiger partial charge in [0.25, 0.3) is 0 Å². The van der Waals surface area contributed by atoms with Gasteiger partial charge >= 0.3 is 6.09 Å². The zero-order chi connectivity index (χ0) is 27.1. The maximum atomic E-state index is 13.2. The summed E-state index contributed by atoms with van der Waals surface area (Å²) in [6, 6.07) is 16.6. The number of nitrogens with one attached hydrogen (secondary N) is 2. The maximum absolute atomic E-state index is 13.2. The van der Waals surface area contributed by atoms with E-state index < -0.39 is 24.1 Å². The lowest BCUT2D eigenvalue weighted by atomic mass is 9.98. The van der Waals surface area contributed by atoms with Crippen molar-refractivity contribution in [2.24, 2.45) is 0 Å². The number of thioether (sulfide) groups is 1. The van der Waals surface area contributed by atoms with E-state index in [1.807, 2.05) is 42.7 Å². The Morgan fingerprint density at radius 2 is 1.66 bits per heavy atom. The third-order valence-electron chi connectivity index (χ3n) is 6.96. The number of ether oxygens (including phenoxy) is 1. The van der Waals surface area contributed by atoms with Gasteiger partial charge in [-0.1, -0.05) is 48.5 Å². The Hall–Kier alpha value is -3.09. The van der Waals surface area contributed by atoms with E-state index in [0.29, 0.717) is 12.2 Å². The molecule has 1 aliphatic heterocycles. The van der Waals surface area contributed by atoms with Crippen LogP contribution in [0.5, 0.6) is 0 Å². The minimum Gasteiger partial charge on any atom is -0.449 e. The standard InChI is InChI=1S/C29H33N3O4S2/c1-19(28(34)32-25(13-14-37-2)27(33)26(17-30)38-15-7-8-16-38)31-29(35)36-18-24-22-11-5-3-9-20(22)21-10-4-6-12-23(21)24/h3-6,9-12,19,24-25H,7-8,13-16,18H2,1-2H3,(H,31,35)(H,32,34)/t19-,25+/m1/s1. The minimum atomic E-state index is -0.908. The Morgan fingerprint density at radius 1 is 1.05 bits per heavy atom. The largest absolute Gasteiger partial charge is 0.449 e. The smallest absolute Gasteiger partial charge is 0.407 e. The molecular weight excluding hydrogens is 518 g/mol. The Balaban J connectivity index is 1.36. The number of Topliss-reactive ketones (excluding diaryl/α,β-unsaturated/α-hetero) is 1. The van der Waals surface area contributed by atoms with Crippen LogP contribution in [0.25, 0.3) is 11.1 Å². The van der Waals surface area contributed by atoms with Crippen molar-refractivity contribution in [2.75, 3.05) is 30.1 Å². The summed E-state index contributed by atoms with van der Waals surface area (Å²) < 4.78 is 5.55. The minimum absolute atomic E-state index is 0.0813. The fourth-order valence-electron chi connectivity index (χ4n) is 4.96. The highest BCUT2D eigenvalue weighted by Gasteiger charge is 2.31. The quantitative estimate of drug-likeness (QED) is 0.422. The van der Waals surface area contributed by atoms with Gasteiger partial charge in [-0.15, -0.1) is 0 Å². The predicted octanol–water partition coefficient (Wildman–Crippen LogP) is 4.48. The molecule has 9 heteroatoms. The number of fused-ring (bicyclic) bond motifs is 3. The molecular formula is C29H33N3O4S2. The number of ketones is 1. The summed E-state index contributed by atoms with van der Waals surface area (Å²) >= 11 is 1.57. The molecule has 2 aromatic rings. The van der Waals surface area contributed by atoms with Crippen molar-refractivity contribution < 1.29 is 19.1 Å². The topological polar surface area (TPSA) is 108 Å². The second kappa shape index (κ2) is 13.1. The number of rotatable bonds is 10. The number of hydrogen-bond acceptors (Lipinski definition) is 6. The van der Waals surface area contributed by atoms with Crippen molar-refractivity contribution in [3.05, 3.63) is 59.7 Å². The molecule has 2 aromatic carbocycles. The summed E-state index contributed by atoms with van der Waals surface area (Å²) in [5.41, 5.74) is 4.49. The molecule has 1 saturated heterocycles. The summed E-state index contributed by atoms with van der Waals surface area (Å²) in [5, 5.41) is 15.0. The molecule has 1 heterocycles. The zero-order valence-electron chi connectivity index (χ0n) is 21.7. The van der Waals surface area contributed by atoms with E-state index in [1.54, 1.807) is 18.7 Å². The number of carbonyl (C=O) groups is 3. The van der Waals surface area contributed by atoms with Gasteiger partial charge in [0.2, 0.25) is 11.7 Å². The molecule has 0 radical (unpaired) electrons. The lowest BCUT2D eigenvalue weighted by molar-refractivity contribution is -0.126. The monoisotopic (exact) mass is 551 g/mol. The first-order valence-corrected chi connectivity index (χ1v) is 15.8. The molecule has 0 unspecified atom stereocenters. The van der Waals surface area contributed by atoms with Crippen LogP contribution < -0.4 is 10.6 Å². The Labute approximate surface area is 230 Å². The Morgan fingerprint density at radius 3 is 2.24 bits per heavy atom. The number of carbonyl (C=O) groups excluding carboxylic acids is 3. The summed E-state index contributed by atoms with van der Waals surface area (Å²) in [7, 11) is -0.333. The second-order valence-corrected chi connectivity index (χ2v) is 12.6. The van der Waals surface area contributed by atoms with Crippen molar-refractivity contribution in [3.63, 3.8) is 0 Å². The summed E-state index contributed by atoms with van der Waals surface area (Å²) in [5.74, 6) is 1.52. The first-order chi connectivity index (χ1) is 18.4. The van der Waals surface area contributed by atoms with E-state index in [2.05, 4.69) is 28.8 Å². The molecule has 7 nitrogen and oxygen atoms in total. The molecule has 1 fully saturated rings. The van der Waals surface area contributed by atoms with Crippen molar-refractivity contribution in [1.82, 2.24) is 10.6 Å². The van der Waals surface area contributed by atoms with E-state index in [-0.39, 0.29) is 33.7 Å². The van der Waals surface area contributed by atoms with Gasteiger partial charge in [-0.05, 0) is 72.0 Å². The SMILES string of the molecule is CSCC[C@H](NC(=O)[C@@H](C)NC(=O)OCC1c2ccccc2-c2ccccc21)C(=O)C(C#N)=S1CCCC1. The van der Waals surface area contributed by atoms with Crippen LogP contribution in [0.3, 0.4) is 0 Å². The van der Waals surface area contributed by atoms with Crippen LogP contribution in [0.15, 0.2) is 48.5 Å². The van der Waals surface area contributed by atoms with Crippen molar-refractivity contribution in [3.8, 4) is 17.2 Å². The van der Waals surface area contributed by atoms with Gasteiger partial charge in [0, 0.05) is 5.92 Å². The van der Waals surface area contributed by atoms with Gasteiger partial charge in [0.05, 0.1) is 6.04 Å². The molecule has 0 spiro atoms. The van der Waals surface area contributed by atoms with Crippen LogP contribution in [0.4, 0.5) is 4.79 Å². The number of benzene rings is 2. The lowest BCUT2D eigenvalue weighted by Crippen LogP contribution is -2.51. The van der Waals surface area contributed by atoms with E-state index in [0.717, 1.165) is 46.6 Å². The third-order valence-corrected chi connectivity index (χ3v) is 10.0. The van der Waals surface area contributed by atoms with Gasteiger partial charge in [0.1, 0.15) is 23.6 Å². The van der Waals surface area contributed by atoms with Gasteiger partial charge in [-0.2, -0.15) is 27.5 Å². The van der Waals surface area contributed by atoms with Crippen molar-refractivity contribution >= 4 is 44.9 Å². The molecule has 4 rings (SSSR count). The molecule has 2 N–H and O–H groups in total. The molecule has 1 aliphatic carbocycles. The van der Waals surface area contributed by atoms with E-state index in [4.69, 9.17) is 4.74 Å². The van der Waals surface area contributed by atoms with Crippen LogP contribution in [0, 0.1) is 11.3 Å². The maximum Gasteiger partial charge on any atom is 0.407 e. The highest BCUT2D eigenvalue weighted by atomic mass is 32.2. The van der Waals surface area contributed by atoms with Crippen LogP contribution in [0.1, 0.15) is 43.2 Å². The van der Waals surface area contributed by atoms with Crippen LogP contribution in [0.2, 0.25) is 0 Å². The average molecular weight is 552 g/mol. The highest BCUT2D eigenvalue weighted by molar-refractivity contribution is 8.17. The fourth-order valence-corrected chi connectivity index (χ4v) is 7.71. The molecule has 2 aliphatic rings. The third kappa shape index (κ3) is 6.30. The van der Waals surface area contributed by atoms with Crippen molar-refractivity contribution in [1.29, 1.82) is 5.26 Å². The fraction of sp³-hybridized carbons (Fsp3) is 0.414. The number of alkyl carbamates (subject to hydrolysis) is 1. The first kappa shape index (κ1) is 27.9. The first-order valence-electron chi connectivity index (χ1n) is 12.8.